The zero-order valence-corrected chi connectivity index (χ0v) is 26.3. The Morgan fingerprint density at radius 2 is 1.05 bits per heavy atom. The summed E-state index contributed by atoms with van der Waals surface area (Å²) in [6.45, 7) is 2.53. The third-order valence-electron chi connectivity index (χ3n) is 7.88. The topological polar surface area (TPSA) is 17.8 Å². The third-order valence-corrected chi connectivity index (χ3v) is 10.2. The maximum Gasteiger partial charge on any atom is 0.241 e. The van der Waals surface area contributed by atoms with Gasteiger partial charge in [-0.1, -0.05) is 187 Å². The van der Waals surface area contributed by atoms with Gasteiger partial charge in [0.1, 0.15) is 0 Å². The maximum atomic E-state index is 4.34. The normalized spacial score (nSPS) is 11.4. The molecule has 0 aliphatic heterocycles. The van der Waals surface area contributed by atoms with E-state index in [2.05, 4.69) is 186 Å². The van der Waals surface area contributed by atoms with Crippen molar-refractivity contribution in [3.05, 3.63) is 193 Å². The minimum atomic E-state index is -0.625. The maximum absolute atomic E-state index is 4.34. The van der Waals surface area contributed by atoms with Crippen LogP contribution in [0.1, 0.15) is 30.9 Å². The number of allylic oxidation sites excluding steroid dienone is 1. The average Bonchev–Trinajstić information content (AvgIpc) is 3.63. The number of hydrogen-bond donors (Lipinski definition) is 0. The van der Waals surface area contributed by atoms with Gasteiger partial charge in [-0.05, 0) is 17.5 Å². The summed E-state index contributed by atoms with van der Waals surface area (Å²) in [5.41, 5.74) is 9.12. The monoisotopic (exact) mass is 574 g/mol. The third kappa shape index (κ3) is 7.40. The molecule has 0 saturated carbocycles. The fourth-order valence-corrected chi connectivity index (χ4v) is 7.85. The molecule has 6 rings (SSSR count). The van der Waals surface area contributed by atoms with Gasteiger partial charge in [0.25, 0.3) is 0 Å². The lowest BCUT2D eigenvalue weighted by Crippen LogP contribution is -2.51. The fourth-order valence-electron chi connectivity index (χ4n) is 5.77. The molecule has 1 heterocycles. The van der Waals surface area contributed by atoms with E-state index >= 15 is 0 Å². The Morgan fingerprint density at radius 1 is 0.628 bits per heavy atom. The summed E-state index contributed by atoms with van der Waals surface area (Å²) in [5.74, 6) is 0. The predicted molar refractivity (Wildman–Crippen MR) is 188 cm³/mol. The highest BCUT2D eigenvalue weighted by atomic mass is 28.2. The number of imidazole rings is 1. The Labute approximate surface area is 259 Å². The van der Waals surface area contributed by atoms with E-state index < -0.39 is 9.52 Å². The van der Waals surface area contributed by atoms with Gasteiger partial charge in [-0.25, -0.2) is 4.98 Å². The number of rotatable bonds is 10. The number of hydrogen-bond acceptors (Lipinski definition) is 1. The first-order valence-electron chi connectivity index (χ1n) is 15.2. The van der Waals surface area contributed by atoms with E-state index in [1.54, 1.807) is 0 Å². The quantitative estimate of drug-likeness (QED) is 0.175. The summed E-state index contributed by atoms with van der Waals surface area (Å²) < 4.78 is 2.29. The Morgan fingerprint density at radius 3 is 1.42 bits per heavy atom. The van der Waals surface area contributed by atoms with Crippen LogP contribution in [0.2, 0.25) is 0 Å². The fraction of sp³-hybridized carbons (Fsp3) is 0.103. The molecule has 1 aromatic heterocycles. The lowest BCUT2D eigenvalue weighted by molar-refractivity contribution is 0.596. The Kier molecular flexibility index (Phi) is 10.8. The molecule has 0 radical (unpaired) electrons. The van der Waals surface area contributed by atoms with Crippen LogP contribution in [0.4, 0.5) is 0 Å². The SMILES string of the molecule is CCCC=C[SiH2]C(c1ccccc1)(c1ccccc1)n1ccnc1.c1ccc(B(c2ccccc2)c2ccccc2)cc1. The van der Waals surface area contributed by atoms with Gasteiger partial charge in [0.15, 0.2) is 0 Å². The van der Waals surface area contributed by atoms with Gasteiger partial charge in [-0.3, -0.25) is 0 Å². The van der Waals surface area contributed by atoms with Crippen LogP contribution >= 0.6 is 0 Å². The molecular weight excluding hydrogens is 535 g/mol. The van der Waals surface area contributed by atoms with Crippen LogP contribution in [-0.2, 0) is 5.16 Å². The van der Waals surface area contributed by atoms with Crippen LogP contribution in [-0.4, -0.2) is 25.8 Å². The van der Waals surface area contributed by atoms with Crippen molar-refractivity contribution < 1.29 is 0 Å². The molecule has 0 saturated heterocycles. The van der Waals surface area contributed by atoms with Crippen LogP contribution in [0.25, 0.3) is 0 Å². The minimum Gasteiger partial charge on any atom is -0.326 e. The van der Waals surface area contributed by atoms with Crippen LogP contribution in [0.15, 0.2) is 182 Å². The summed E-state index contributed by atoms with van der Waals surface area (Å²) >= 11 is 0. The van der Waals surface area contributed by atoms with Crippen molar-refractivity contribution in [3.63, 3.8) is 0 Å². The van der Waals surface area contributed by atoms with Gasteiger partial charge in [-0.2, -0.15) is 0 Å². The van der Waals surface area contributed by atoms with Gasteiger partial charge >= 0.3 is 0 Å². The highest BCUT2D eigenvalue weighted by molar-refractivity contribution is 6.95. The van der Waals surface area contributed by atoms with Crippen molar-refractivity contribution in [1.82, 2.24) is 9.55 Å². The summed E-state index contributed by atoms with van der Waals surface area (Å²) in [6.07, 6.45) is 10.6. The Bertz CT molecular complexity index is 1490. The summed E-state index contributed by atoms with van der Waals surface area (Å²) in [5, 5.41) is -0.136. The minimum absolute atomic E-state index is 0.136. The molecule has 2 nitrogen and oxygen atoms in total. The van der Waals surface area contributed by atoms with Gasteiger partial charge in [0.05, 0.1) is 21.0 Å². The highest BCUT2D eigenvalue weighted by Crippen LogP contribution is 2.33. The largest absolute Gasteiger partial charge is 0.326 e. The molecule has 0 amide bonds. The van der Waals surface area contributed by atoms with E-state index in [-0.39, 0.29) is 5.16 Å². The van der Waals surface area contributed by atoms with Gasteiger partial charge in [-0.15, -0.1) is 5.70 Å². The summed E-state index contributed by atoms with van der Waals surface area (Å²) in [7, 11) is -0.625. The average molecular weight is 575 g/mol. The zero-order chi connectivity index (χ0) is 29.6. The molecule has 0 aliphatic carbocycles. The van der Waals surface area contributed by atoms with Crippen molar-refractivity contribution in [2.24, 2.45) is 0 Å². The van der Waals surface area contributed by atoms with E-state index in [1.807, 2.05) is 12.5 Å². The molecule has 43 heavy (non-hydrogen) atoms. The second-order valence-corrected chi connectivity index (χ2v) is 12.6. The molecule has 4 heteroatoms. The number of aromatic nitrogens is 2. The number of unbranched alkanes of at least 4 members (excludes halogenated alkanes) is 1. The molecule has 0 aliphatic rings. The molecule has 0 atom stereocenters. The Balaban J connectivity index is 0.000000176. The van der Waals surface area contributed by atoms with Crippen LogP contribution < -0.4 is 16.4 Å². The highest BCUT2D eigenvalue weighted by Gasteiger charge is 2.34. The smallest absolute Gasteiger partial charge is 0.241 e. The van der Waals surface area contributed by atoms with Crippen molar-refractivity contribution >= 4 is 32.6 Å². The molecule has 5 aromatic carbocycles. The predicted octanol–water partition coefficient (Wildman–Crippen LogP) is 6.32. The van der Waals surface area contributed by atoms with E-state index in [0.717, 1.165) is 6.42 Å². The van der Waals surface area contributed by atoms with E-state index in [9.17, 15) is 0 Å². The lowest BCUT2D eigenvalue weighted by atomic mass is 9.37. The zero-order valence-electron chi connectivity index (χ0n) is 24.9. The second kappa shape index (κ2) is 15.5. The van der Waals surface area contributed by atoms with Crippen molar-refractivity contribution in [2.75, 3.05) is 0 Å². The van der Waals surface area contributed by atoms with Crippen molar-refractivity contribution in [1.29, 1.82) is 0 Å². The standard InChI is InChI=1S/C21H24N2Si.C18H15B/c1-2-3-10-17-24-21(23-16-15-22-18-23,19-11-6-4-7-12-19)20-13-8-5-9-14-20;1-4-10-16(11-5-1)19(17-12-6-2-7-13-17)18-14-8-3-9-15-18/h4-18H,2-3,24H2,1H3;1-15H. The van der Waals surface area contributed by atoms with Gasteiger partial charge in [0.2, 0.25) is 6.71 Å². The Hall–Kier alpha value is -4.67. The van der Waals surface area contributed by atoms with Gasteiger partial charge in [0, 0.05) is 12.4 Å². The molecule has 0 N–H and O–H groups in total. The summed E-state index contributed by atoms with van der Waals surface area (Å²) in [4.78, 5) is 4.34. The lowest BCUT2D eigenvalue weighted by Gasteiger charge is -2.36. The van der Waals surface area contributed by atoms with Crippen molar-refractivity contribution in [3.8, 4) is 0 Å². The van der Waals surface area contributed by atoms with Crippen LogP contribution in [0.5, 0.6) is 0 Å². The molecule has 212 valence electrons. The molecule has 0 unspecified atom stereocenters. The van der Waals surface area contributed by atoms with Crippen molar-refractivity contribution in [2.45, 2.75) is 24.9 Å². The first-order chi connectivity index (χ1) is 21.3. The summed E-state index contributed by atoms with van der Waals surface area (Å²) in [6, 6.07) is 53.7. The van der Waals surface area contributed by atoms with Crippen LogP contribution in [0, 0.1) is 0 Å². The number of benzene rings is 5. The van der Waals surface area contributed by atoms with Crippen LogP contribution in [0.3, 0.4) is 0 Å². The van der Waals surface area contributed by atoms with E-state index in [1.165, 1.54) is 33.9 Å². The van der Waals surface area contributed by atoms with E-state index in [4.69, 9.17) is 0 Å². The molecular formula is C39H39BN2Si. The number of nitrogens with zero attached hydrogens (tertiary/aromatic N) is 2. The first-order valence-corrected chi connectivity index (χ1v) is 16.7. The molecule has 0 bridgehead atoms. The molecule has 0 spiro atoms. The second-order valence-electron chi connectivity index (χ2n) is 10.7. The van der Waals surface area contributed by atoms with E-state index in [0.29, 0.717) is 6.71 Å². The van der Waals surface area contributed by atoms with Gasteiger partial charge < -0.3 is 4.57 Å². The molecule has 6 aromatic rings. The molecule has 0 fully saturated rings. The first kappa shape index (κ1) is 29.8.